The van der Waals surface area contributed by atoms with Crippen LogP contribution in [0.25, 0.3) is 11.0 Å². The molecule has 7 rings (SSSR count). The van der Waals surface area contributed by atoms with Crippen molar-refractivity contribution in [3.8, 4) is 0 Å². The van der Waals surface area contributed by atoms with Crippen LogP contribution in [0.15, 0.2) is 65.6 Å². The molecular formula is C42H56FN5OS. The van der Waals surface area contributed by atoms with Crippen LogP contribution in [0.3, 0.4) is 0 Å². The minimum Gasteiger partial charge on any atom is -0.342 e. The quantitative estimate of drug-likeness (QED) is 0.114. The minimum atomic E-state index is -0.208. The highest BCUT2D eigenvalue weighted by molar-refractivity contribution is 7.97. The van der Waals surface area contributed by atoms with E-state index in [1.807, 2.05) is 49.1 Å². The topological polar surface area (TPSA) is 64.0 Å². The first kappa shape index (κ1) is 36.6. The number of hydrogen-bond donors (Lipinski definition) is 2. The van der Waals surface area contributed by atoms with E-state index in [0.717, 1.165) is 75.4 Å². The summed E-state index contributed by atoms with van der Waals surface area (Å²) < 4.78 is 17.9. The highest BCUT2D eigenvalue weighted by Gasteiger charge is 2.70. The monoisotopic (exact) mass is 697 g/mol. The summed E-state index contributed by atoms with van der Waals surface area (Å²) in [5.74, 6) is 1.79. The number of aromatic nitrogens is 2. The summed E-state index contributed by atoms with van der Waals surface area (Å²) in [7, 11) is 0. The SMILES string of the molecule is CCN(CCC(C)(CCN1C2CCCC3CCC321)c1cccc(F)c1)C(=O)c1c(C)ccc(SNC(C)C)c1C.Cc1nc2ccccc2[nH]1. The van der Waals surface area contributed by atoms with Crippen LogP contribution in [0.4, 0.5) is 4.39 Å². The van der Waals surface area contributed by atoms with Gasteiger partial charge in [0.1, 0.15) is 11.6 Å². The van der Waals surface area contributed by atoms with Crippen LogP contribution in [0.5, 0.6) is 0 Å². The van der Waals surface area contributed by atoms with Crippen molar-refractivity contribution in [3.05, 3.63) is 94.6 Å². The fourth-order valence-electron chi connectivity index (χ4n) is 8.78. The van der Waals surface area contributed by atoms with E-state index in [-0.39, 0.29) is 17.1 Å². The molecule has 1 amide bonds. The summed E-state index contributed by atoms with van der Waals surface area (Å²) in [6.45, 7) is 17.0. The van der Waals surface area contributed by atoms with Crippen LogP contribution >= 0.6 is 11.9 Å². The second-order valence-electron chi connectivity index (χ2n) is 15.4. The number of halogens is 1. The Kier molecular flexibility index (Phi) is 11.1. The maximum Gasteiger partial charge on any atom is 0.254 e. The minimum absolute atomic E-state index is 0.0965. The van der Waals surface area contributed by atoms with Gasteiger partial charge in [0.25, 0.3) is 5.91 Å². The molecule has 1 saturated heterocycles. The van der Waals surface area contributed by atoms with Gasteiger partial charge in [-0.25, -0.2) is 9.37 Å². The Hall–Kier alpha value is -3.20. The summed E-state index contributed by atoms with van der Waals surface area (Å²) in [6, 6.07) is 20.5. The highest BCUT2D eigenvalue weighted by atomic mass is 32.2. The number of H-pyrrole nitrogens is 1. The average molecular weight is 698 g/mol. The molecule has 2 heterocycles. The zero-order valence-corrected chi connectivity index (χ0v) is 31.9. The smallest absolute Gasteiger partial charge is 0.254 e. The first-order valence-corrected chi connectivity index (χ1v) is 19.5. The molecule has 1 spiro atoms. The van der Waals surface area contributed by atoms with Gasteiger partial charge < -0.3 is 9.88 Å². The number of amides is 1. The number of benzene rings is 3. The Bertz CT molecular complexity index is 1770. The normalized spacial score (nSPS) is 23.3. The van der Waals surface area contributed by atoms with E-state index in [1.165, 1.54) is 38.2 Å². The number of imidazole rings is 1. The van der Waals surface area contributed by atoms with Crippen molar-refractivity contribution in [1.82, 2.24) is 24.5 Å². The molecule has 8 heteroatoms. The number of aryl methyl sites for hydroxylation is 2. The van der Waals surface area contributed by atoms with Crippen LogP contribution in [-0.2, 0) is 5.41 Å². The van der Waals surface area contributed by atoms with Crippen molar-refractivity contribution in [3.63, 3.8) is 0 Å². The summed E-state index contributed by atoms with van der Waals surface area (Å²) in [4.78, 5) is 27.3. The molecule has 6 nitrogen and oxygen atoms in total. The van der Waals surface area contributed by atoms with Gasteiger partial charge in [-0.05, 0) is 157 Å². The molecule has 3 fully saturated rings. The molecule has 2 saturated carbocycles. The Labute approximate surface area is 303 Å². The molecule has 1 aromatic heterocycles. The molecule has 3 aliphatic rings. The van der Waals surface area contributed by atoms with Crippen molar-refractivity contribution in [2.45, 2.75) is 121 Å². The van der Waals surface area contributed by atoms with E-state index in [0.29, 0.717) is 24.7 Å². The average Bonchev–Trinajstić information content (AvgIpc) is 3.61. The van der Waals surface area contributed by atoms with Gasteiger partial charge in [0, 0.05) is 41.2 Å². The van der Waals surface area contributed by atoms with Crippen molar-refractivity contribution < 1.29 is 9.18 Å². The maximum atomic E-state index is 14.4. The Morgan fingerprint density at radius 1 is 1.10 bits per heavy atom. The second-order valence-corrected chi connectivity index (χ2v) is 16.3. The molecule has 4 aromatic rings. The van der Waals surface area contributed by atoms with Crippen LogP contribution in [0, 0.1) is 32.5 Å². The van der Waals surface area contributed by atoms with Gasteiger partial charge >= 0.3 is 0 Å². The lowest BCUT2D eigenvalue weighted by Crippen LogP contribution is -2.42. The molecule has 3 aromatic carbocycles. The molecule has 2 aliphatic carbocycles. The second kappa shape index (κ2) is 15.2. The van der Waals surface area contributed by atoms with Gasteiger partial charge in [0.2, 0.25) is 0 Å². The molecular weight excluding hydrogens is 642 g/mol. The van der Waals surface area contributed by atoms with Crippen molar-refractivity contribution in [1.29, 1.82) is 0 Å². The molecule has 5 unspecified atom stereocenters. The first-order chi connectivity index (χ1) is 24.0. The van der Waals surface area contributed by atoms with Crippen LogP contribution in [0.1, 0.15) is 106 Å². The number of fused-ring (bicyclic) bond motifs is 1. The van der Waals surface area contributed by atoms with Gasteiger partial charge in [-0.3, -0.25) is 14.4 Å². The molecule has 0 radical (unpaired) electrons. The van der Waals surface area contributed by atoms with E-state index < -0.39 is 0 Å². The van der Waals surface area contributed by atoms with E-state index in [2.05, 4.69) is 72.4 Å². The van der Waals surface area contributed by atoms with E-state index in [1.54, 1.807) is 18.0 Å². The first-order valence-electron chi connectivity index (χ1n) is 18.7. The number of rotatable bonds is 12. The number of carbonyl (C=O) groups is 1. The molecule has 268 valence electrons. The predicted molar refractivity (Wildman–Crippen MR) is 205 cm³/mol. The number of nitrogens with zero attached hydrogens (tertiary/aromatic N) is 3. The lowest BCUT2D eigenvalue weighted by atomic mass is 9.65. The van der Waals surface area contributed by atoms with Crippen molar-refractivity contribution in [2.75, 3.05) is 19.6 Å². The van der Waals surface area contributed by atoms with Crippen LogP contribution in [-0.4, -0.2) is 62.9 Å². The molecule has 0 bridgehead atoms. The molecule has 1 aliphatic heterocycles. The summed E-state index contributed by atoms with van der Waals surface area (Å²) >= 11 is 1.60. The van der Waals surface area contributed by atoms with E-state index >= 15 is 0 Å². The third-order valence-corrected chi connectivity index (χ3v) is 13.1. The summed E-state index contributed by atoms with van der Waals surface area (Å²) in [6.07, 6.45) is 8.66. The van der Waals surface area contributed by atoms with Gasteiger partial charge in [0.05, 0.1) is 11.0 Å². The van der Waals surface area contributed by atoms with Crippen molar-refractivity contribution >= 4 is 28.9 Å². The number of aromatic amines is 1. The lowest BCUT2D eigenvalue weighted by Gasteiger charge is -2.41. The van der Waals surface area contributed by atoms with E-state index in [4.69, 9.17) is 0 Å². The fraction of sp³-hybridized carbons (Fsp3) is 0.524. The third kappa shape index (κ3) is 7.40. The van der Waals surface area contributed by atoms with Crippen molar-refractivity contribution in [2.24, 2.45) is 5.92 Å². The largest absolute Gasteiger partial charge is 0.342 e. The molecule has 2 N–H and O–H groups in total. The Morgan fingerprint density at radius 3 is 2.58 bits per heavy atom. The van der Waals surface area contributed by atoms with Crippen LogP contribution < -0.4 is 4.72 Å². The van der Waals surface area contributed by atoms with E-state index in [9.17, 15) is 9.18 Å². The summed E-state index contributed by atoms with van der Waals surface area (Å²) in [5.41, 5.74) is 6.35. The Morgan fingerprint density at radius 2 is 1.90 bits per heavy atom. The molecule has 50 heavy (non-hydrogen) atoms. The molecule has 5 atom stereocenters. The van der Waals surface area contributed by atoms with Crippen LogP contribution in [0.2, 0.25) is 0 Å². The van der Waals surface area contributed by atoms with Gasteiger partial charge in [-0.2, -0.15) is 0 Å². The number of hydrogen-bond acceptors (Lipinski definition) is 5. The summed E-state index contributed by atoms with van der Waals surface area (Å²) in [5, 5.41) is 0. The Balaban J connectivity index is 0.000000367. The number of nitrogens with one attached hydrogen (secondary N) is 2. The zero-order valence-electron chi connectivity index (χ0n) is 31.1. The fourth-order valence-corrected chi connectivity index (χ4v) is 9.53. The highest BCUT2D eigenvalue weighted by Crippen LogP contribution is 2.64. The third-order valence-electron chi connectivity index (χ3n) is 11.8. The van der Waals surface area contributed by atoms with Gasteiger partial charge in [-0.1, -0.05) is 43.7 Å². The lowest BCUT2D eigenvalue weighted by molar-refractivity contribution is 0.0748. The maximum absolute atomic E-state index is 14.4. The zero-order chi connectivity index (χ0) is 35.6. The number of carbonyl (C=O) groups excluding carboxylic acids is 1. The predicted octanol–water partition coefficient (Wildman–Crippen LogP) is 9.54. The number of para-hydroxylation sites is 2. The standard InChI is InChI=1S/C34H48FN3OS.C8H8N2/c1-7-37(32(39)31-24(4)14-15-29(25(31)5)40-36-23(2)3)20-18-33(6,27-11-8-12-28(35)22-27)19-21-38-30-13-9-10-26-16-17-34(26,30)38;1-6-9-7-4-2-3-5-8(7)10-6/h8,11-12,14-15,22-23,26,30,36H,7,9-10,13,16-21H2,1-6H3;2-5H,1H3,(H,9,10). The van der Waals surface area contributed by atoms with Gasteiger partial charge in [-0.15, -0.1) is 0 Å². The number of likely N-dealkylation sites (tertiary alicyclic amines) is 1. The van der Waals surface area contributed by atoms with Gasteiger partial charge in [0.15, 0.2) is 0 Å².